The molecule has 3 rings (SSSR count). The number of rotatable bonds is 7. The molecule has 150 valence electrons. The molecule has 29 heavy (non-hydrogen) atoms. The van der Waals surface area contributed by atoms with Gasteiger partial charge in [0.25, 0.3) is 11.8 Å². The van der Waals surface area contributed by atoms with E-state index in [2.05, 4.69) is 11.9 Å². The van der Waals surface area contributed by atoms with Gasteiger partial charge in [0, 0.05) is 23.4 Å². The van der Waals surface area contributed by atoms with Crippen LogP contribution in [0.2, 0.25) is 0 Å². The standard InChI is InChI=1S/C23H24N2O4/c1-15(18-9-5-4-6-10-18)24-22(27)17(3)29-21(26)13-14-25-16(2)19-11-7-8-12-20(19)23(25)28/h4-12,15,17H,2,13-14H2,1,3H3,(H,24,27). The topological polar surface area (TPSA) is 75.7 Å². The van der Waals surface area contributed by atoms with Crippen molar-refractivity contribution in [2.45, 2.75) is 32.4 Å². The first-order valence-electron chi connectivity index (χ1n) is 9.53. The molecule has 1 aliphatic rings. The van der Waals surface area contributed by atoms with Crippen LogP contribution in [0.1, 0.15) is 47.8 Å². The van der Waals surface area contributed by atoms with Crippen molar-refractivity contribution in [2.75, 3.05) is 6.54 Å². The highest BCUT2D eigenvalue weighted by Gasteiger charge is 2.31. The second-order valence-electron chi connectivity index (χ2n) is 6.97. The van der Waals surface area contributed by atoms with Crippen molar-refractivity contribution in [1.29, 1.82) is 0 Å². The molecule has 2 atom stereocenters. The van der Waals surface area contributed by atoms with Crippen molar-refractivity contribution in [1.82, 2.24) is 10.2 Å². The second kappa shape index (κ2) is 8.73. The van der Waals surface area contributed by atoms with E-state index in [1.165, 1.54) is 11.8 Å². The van der Waals surface area contributed by atoms with Crippen molar-refractivity contribution >= 4 is 23.5 Å². The van der Waals surface area contributed by atoms with Gasteiger partial charge < -0.3 is 15.0 Å². The summed E-state index contributed by atoms with van der Waals surface area (Å²) < 4.78 is 5.24. The average molecular weight is 392 g/mol. The monoisotopic (exact) mass is 392 g/mol. The molecule has 0 fully saturated rings. The Bertz CT molecular complexity index is 904. The van der Waals surface area contributed by atoms with Gasteiger partial charge in [-0.25, -0.2) is 0 Å². The Morgan fingerprint density at radius 1 is 1.03 bits per heavy atom. The van der Waals surface area contributed by atoms with Gasteiger partial charge in [-0.05, 0) is 25.5 Å². The third kappa shape index (κ3) is 4.54. The Morgan fingerprint density at radius 2 is 1.66 bits per heavy atom. The molecule has 1 heterocycles. The molecule has 0 bridgehead atoms. The molecule has 0 saturated carbocycles. The van der Waals surface area contributed by atoms with Crippen molar-refractivity contribution in [3.05, 3.63) is 77.9 Å². The minimum absolute atomic E-state index is 0.0232. The third-order valence-corrected chi connectivity index (χ3v) is 4.91. The highest BCUT2D eigenvalue weighted by molar-refractivity contribution is 6.08. The van der Waals surface area contributed by atoms with E-state index in [1.807, 2.05) is 49.4 Å². The summed E-state index contributed by atoms with van der Waals surface area (Å²) in [5.74, 6) is -1.10. The summed E-state index contributed by atoms with van der Waals surface area (Å²) in [6.07, 6.45) is -0.951. The van der Waals surface area contributed by atoms with E-state index in [0.717, 1.165) is 11.1 Å². The zero-order valence-electron chi connectivity index (χ0n) is 16.6. The molecule has 0 spiro atoms. The fourth-order valence-electron chi connectivity index (χ4n) is 3.24. The number of hydrogen-bond donors (Lipinski definition) is 1. The molecule has 0 aliphatic carbocycles. The van der Waals surface area contributed by atoms with Crippen LogP contribution in [0.5, 0.6) is 0 Å². The fraction of sp³-hybridized carbons (Fsp3) is 0.261. The first kappa shape index (κ1) is 20.3. The maximum Gasteiger partial charge on any atom is 0.308 e. The molecule has 1 N–H and O–H groups in total. The first-order valence-corrected chi connectivity index (χ1v) is 9.53. The van der Waals surface area contributed by atoms with Crippen LogP contribution < -0.4 is 5.32 Å². The van der Waals surface area contributed by atoms with E-state index in [1.54, 1.807) is 12.1 Å². The number of carbonyl (C=O) groups is 3. The van der Waals surface area contributed by atoms with Gasteiger partial charge in [0.2, 0.25) is 0 Å². The Hall–Kier alpha value is -3.41. The van der Waals surface area contributed by atoms with Gasteiger partial charge in [0.1, 0.15) is 0 Å². The minimum Gasteiger partial charge on any atom is -0.452 e. The molecule has 0 aromatic heterocycles. The lowest BCUT2D eigenvalue weighted by Crippen LogP contribution is -2.37. The average Bonchev–Trinajstić information content (AvgIpc) is 2.97. The molecular formula is C23H24N2O4. The SMILES string of the molecule is C=C1c2ccccc2C(=O)N1CCC(=O)OC(C)C(=O)NC(C)c1ccccc1. The molecule has 0 radical (unpaired) electrons. The fourth-order valence-corrected chi connectivity index (χ4v) is 3.24. The number of carbonyl (C=O) groups excluding carboxylic acids is 3. The van der Waals surface area contributed by atoms with E-state index in [0.29, 0.717) is 11.3 Å². The Morgan fingerprint density at radius 3 is 2.31 bits per heavy atom. The molecule has 2 amide bonds. The van der Waals surface area contributed by atoms with Crippen LogP contribution in [0.3, 0.4) is 0 Å². The molecular weight excluding hydrogens is 368 g/mol. The number of fused-ring (bicyclic) bond motifs is 1. The lowest BCUT2D eigenvalue weighted by Gasteiger charge is -2.20. The van der Waals surface area contributed by atoms with Gasteiger partial charge in [-0.2, -0.15) is 0 Å². The van der Waals surface area contributed by atoms with E-state index >= 15 is 0 Å². The Labute approximate surface area is 170 Å². The molecule has 0 saturated heterocycles. The van der Waals surface area contributed by atoms with E-state index < -0.39 is 12.1 Å². The number of benzene rings is 2. The summed E-state index contributed by atoms with van der Waals surface area (Å²) in [7, 11) is 0. The van der Waals surface area contributed by atoms with Crippen molar-refractivity contribution in [2.24, 2.45) is 0 Å². The van der Waals surface area contributed by atoms with Crippen LogP contribution in [0.4, 0.5) is 0 Å². The maximum atomic E-state index is 12.5. The number of amides is 2. The molecule has 2 aromatic carbocycles. The zero-order chi connectivity index (χ0) is 21.0. The van der Waals surface area contributed by atoms with Gasteiger partial charge in [-0.1, -0.05) is 55.1 Å². The number of esters is 1. The second-order valence-corrected chi connectivity index (χ2v) is 6.97. The summed E-state index contributed by atoms with van der Waals surface area (Å²) in [6.45, 7) is 7.49. The van der Waals surface area contributed by atoms with Crippen molar-refractivity contribution < 1.29 is 19.1 Å². The molecule has 1 aliphatic heterocycles. The minimum atomic E-state index is -0.927. The summed E-state index contributed by atoms with van der Waals surface area (Å²) in [5, 5.41) is 2.83. The van der Waals surface area contributed by atoms with Crippen LogP contribution in [-0.2, 0) is 14.3 Å². The molecule has 2 aromatic rings. The summed E-state index contributed by atoms with van der Waals surface area (Å²) in [4.78, 5) is 38.4. The van der Waals surface area contributed by atoms with Crippen LogP contribution in [0, 0.1) is 0 Å². The van der Waals surface area contributed by atoms with E-state index in [-0.39, 0.29) is 30.8 Å². The smallest absolute Gasteiger partial charge is 0.308 e. The first-order chi connectivity index (χ1) is 13.9. The summed E-state index contributed by atoms with van der Waals surface area (Å²) in [6, 6.07) is 16.5. The number of ether oxygens (including phenoxy) is 1. The predicted octanol–water partition coefficient (Wildman–Crippen LogP) is 3.31. The van der Waals surface area contributed by atoms with Gasteiger partial charge in [-0.15, -0.1) is 0 Å². The molecule has 6 nitrogen and oxygen atoms in total. The van der Waals surface area contributed by atoms with E-state index in [4.69, 9.17) is 4.74 Å². The van der Waals surface area contributed by atoms with Crippen LogP contribution in [-0.4, -0.2) is 35.3 Å². The zero-order valence-corrected chi connectivity index (χ0v) is 16.6. The van der Waals surface area contributed by atoms with Gasteiger partial charge >= 0.3 is 5.97 Å². The highest BCUT2D eigenvalue weighted by Crippen LogP contribution is 2.31. The number of hydrogen-bond acceptors (Lipinski definition) is 4. The lowest BCUT2D eigenvalue weighted by molar-refractivity contribution is -0.155. The Balaban J connectivity index is 1.49. The van der Waals surface area contributed by atoms with Crippen LogP contribution in [0.15, 0.2) is 61.2 Å². The van der Waals surface area contributed by atoms with Gasteiger partial charge in [0.15, 0.2) is 6.10 Å². The summed E-state index contributed by atoms with van der Waals surface area (Å²) >= 11 is 0. The number of nitrogens with zero attached hydrogens (tertiary/aromatic N) is 1. The third-order valence-electron chi connectivity index (χ3n) is 4.91. The summed E-state index contributed by atoms with van der Waals surface area (Å²) in [5.41, 5.74) is 2.88. The Kier molecular flexibility index (Phi) is 6.12. The van der Waals surface area contributed by atoms with Gasteiger partial charge in [-0.3, -0.25) is 14.4 Å². The molecule has 6 heteroatoms. The quantitative estimate of drug-likeness (QED) is 0.734. The predicted molar refractivity (Wildman–Crippen MR) is 110 cm³/mol. The lowest BCUT2D eigenvalue weighted by atomic mass is 10.1. The van der Waals surface area contributed by atoms with Crippen molar-refractivity contribution in [3.63, 3.8) is 0 Å². The largest absolute Gasteiger partial charge is 0.452 e. The normalized spacial score (nSPS) is 14.9. The van der Waals surface area contributed by atoms with Crippen molar-refractivity contribution in [3.8, 4) is 0 Å². The van der Waals surface area contributed by atoms with Crippen LogP contribution in [0.25, 0.3) is 5.70 Å². The number of nitrogens with one attached hydrogen (secondary N) is 1. The van der Waals surface area contributed by atoms with Gasteiger partial charge in [0.05, 0.1) is 12.5 Å². The van der Waals surface area contributed by atoms with E-state index in [9.17, 15) is 14.4 Å². The molecule has 2 unspecified atom stereocenters. The maximum absolute atomic E-state index is 12.5. The highest BCUT2D eigenvalue weighted by atomic mass is 16.5. The van der Waals surface area contributed by atoms with Crippen LogP contribution >= 0.6 is 0 Å².